The number of alkyl halides is 1. The first-order chi connectivity index (χ1) is 10.8. The molecule has 2 unspecified atom stereocenters. The molecule has 1 heterocycles. The lowest BCUT2D eigenvalue weighted by Crippen LogP contribution is -2.36. The summed E-state index contributed by atoms with van der Waals surface area (Å²) in [4.78, 5) is 13.9. The molecule has 23 heavy (non-hydrogen) atoms. The van der Waals surface area contributed by atoms with Crippen LogP contribution < -0.4 is 0 Å². The van der Waals surface area contributed by atoms with Gasteiger partial charge in [-0.1, -0.05) is 52.9 Å². The molecule has 0 bridgehead atoms. The Kier molecular flexibility index (Phi) is 6.71. The third-order valence-electron chi connectivity index (χ3n) is 3.63. The zero-order chi connectivity index (χ0) is 16.9. The van der Waals surface area contributed by atoms with Gasteiger partial charge in [0.2, 0.25) is 0 Å². The lowest BCUT2D eigenvalue weighted by molar-refractivity contribution is 0.0211. The van der Waals surface area contributed by atoms with Gasteiger partial charge in [0.1, 0.15) is 5.60 Å². The van der Waals surface area contributed by atoms with Gasteiger partial charge in [-0.2, -0.15) is 0 Å². The number of carbonyl (C=O) groups is 1. The molecule has 1 aromatic carbocycles. The number of ether oxygens (including phenoxy) is 2. The van der Waals surface area contributed by atoms with Crippen LogP contribution >= 0.6 is 22.6 Å². The fourth-order valence-electron chi connectivity index (χ4n) is 2.52. The van der Waals surface area contributed by atoms with Crippen LogP contribution in [-0.2, 0) is 15.9 Å². The number of nitrogens with zero attached hydrogens (tertiary/aromatic N) is 1. The predicted octanol–water partition coefficient (Wildman–Crippen LogP) is 4.06. The zero-order valence-corrected chi connectivity index (χ0v) is 16.3. The fourth-order valence-corrected chi connectivity index (χ4v) is 3.43. The number of likely N-dealkylation sites (tertiary alicyclic amines) is 1. The lowest BCUT2D eigenvalue weighted by atomic mass is 10.1. The second-order valence-electron chi connectivity index (χ2n) is 6.90. The summed E-state index contributed by atoms with van der Waals surface area (Å²) in [6.45, 7) is 7.70. The van der Waals surface area contributed by atoms with Crippen molar-refractivity contribution in [1.29, 1.82) is 0 Å². The molecule has 1 saturated heterocycles. The number of benzene rings is 1. The zero-order valence-electron chi connectivity index (χ0n) is 14.1. The van der Waals surface area contributed by atoms with Crippen molar-refractivity contribution in [2.45, 2.75) is 49.2 Å². The Morgan fingerprint density at radius 1 is 1.26 bits per heavy atom. The van der Waals surface area contributed by atoms with Crippen molar-refractivity contribution in [3.8, 4) is 0 Å². The Labute approximate surface area is 152 Å². The van der Waals surface area contributed by atoms with Gasteiger partial charge in [0.05, 0.1) is 16.6 Å². The van der Waals surface area contributed by atoms with Gasteiger partial charge >= 0.3 is 6.09 Å². The molecule has 0 aromatic heterocycles. The summed E-state index contributed by atoms with van der Waals surface area (Å²) in [5.41, 5.74) is 0.885. The predicted molar refractivity (Wildman–Crippen MR) is 100 cm³/mol. The fraction of sp³-hybridized carbons (Fsp3) is 0.611. The molecular formula is C18H26INO3. The van der Waals surface area contributed by atoms with Gasteiger partial charge < -0.3 is 14.4 Å². The van der Waals surface area contributed by atoms with Crippen molar-refractivity contribution in [3.63, 3.8) is 0 Å². The Hall–Kier alpha value is -0.820. The Morgan fingerprint density at radius 2 is 1.96 bits per heavy atom. The molecule has 1 aromatic rings. The number of carbonyl (C=O) groups excluding carboxylic acids is 1. The number of aryl methyl sites for hydroxylation is 1. The molecule has 1 aliphatic rings. The van der Waals surface area contributed by atoms with Gasteiger partial charge in [-0.25, -0.2) is 4.79 Å². The summed E-state index contributed by atoms with van der Waals surface area (Å²) < 4.78 is 11.7. The van der Waals surface area contributed by atoms with Crippen LogP contribution in [0, 0.1) is 0 Å². The van der Waals surface area contributed by atoms with E-state index in [1.54, 1.807) is 4.90 Å². The molecule has 2 atom stereocenters. The van der Waals surface area contributed by atoms with E-state index in [4.69, 9.17) is 9.47 Å². The number of halogens is 1. The van der Waals surface area contributed by atoms with Crippen LogP contribution in [0.2, 0.25) is 0 Å². The van der Waals surface area contributed by atoms with E-state index < -0.39 is 5.60 Å². The summed E-state index contributed by atoms with van der Waals surface area (Å²) in [6.07, 6.45) is 1.87. The van der Waals surface area contributed by atoms with Crippen LogP contribution in [0.4, 0.5) is 4.79 Å². The highest BCUT2D eigenvalue weighted by Crippen LogP contribution is 2.23. The van der Waals surface area contributed by atoms with Gasteiger partial charge in [-0.05, 0) is 39.2 Å². The molecular weight excluding hydrogens is 405 g/mol. The Balaban J connectivity index is 1.71. The van der Waals surface area contributed by atoms with E-state index in [1.165, 1.54) is 5.56 Å². The van der Waals surface area contributed by atoms with Gasteiger partial charge in [0, 0.05) is 13.2 Å². The maximum absolute atomic E-state index is 12.1. The minimum absolute atomic E-state index is 0.0962. The third-order valence-corrected chi connectivity index (χ3v) is 4.83. The molecule has 0 N–H and O–H groups in total. The highest BCUT2D eigenvalue weighted by Gasteiger charge is 2.36. The second kappa shape index (κ2) is 8.33. The molecule has 0 aliphatic carbocycles. The van der Waals surface area contributed by atoms with Gasteiger partial charge in [0.15, 0.2) is 0 Å². The van der Waals surface area contributed by atoms with Crippen LogP contribution in [0.5, 0.6) is 0 Å². The number of hydrogen-bond acceptors (Lipinski definition) is 3. The first kappa shape index (κ1) is 18.5. The van der Waals surface area contributed by atoms with Crippen LogP contribution in [0.1, 0.15) is 32.8 Å². The SMILES string of the molecule is CC(C)(C)OC(=O)N1CC(I)C(OCCCc2ccccc2)C1. The topological polar surface area (TPSA) is 38.8 Å². The van der Waals surface area contributed by atoms with E-state index in [0.717, 1.165) is 19.4 Å². The van der Waals surface area contributed by atoms with Gasteiger partial charge in [-0.3, -0.25) is 0 Å². The van der Waals surface area contributed by atoms with Gasteiger partial charge in [0.25, 0.3) is 0 Å². The largest absolute Gasteiger partial charge is 0.444 e. The summed E-state index contributed by atoms with van der Waals surface area (Å²) >= 11 is 2.37. The van der Waals surface area contributed by atoms with E-state index in [9.17, 15) is 4.79 Å². The average molecular weight is 431 g/mol. The lowest BCUT2D eigenvalue weighted by Gasteiger charge is -2.24. The van der Waals surface area contributed by atoms with Crippen molar-refractivity contribution in [1.82, 2.24) is 4.90 Å². The normalized spacial score (nSPS) is 21.5. The second-order valence-corrected chi connectivity index (χ2v) is 8.50. The molecule has 1 aliphatic heterocycles. The Bertz CT molecular complexity index is 501. The maximum atomic E-state index is 12.1. The van der Waals surface area contributed by atoms with Crippen LogP contribution in [0.15, 0.2) is 30.3 Å². The van der Waals surface area contributed by atoms with Crippen molar-refractivity contribution in [2.75, 3.05) is 19.7 Å². The first-order valence-corrected chi connectivity index (χ1v) is 9.37. The van der Waals surface area contributed by atoms with E-state index in [1.807, 2.05) is 26.8 Å². The molecule has 2 rings (SSSR count). The summed E-state index contributed by atoms with van der Waals surface area (Å²) in [5.74, 6) is 0. The standard InChI is InChI=1S/C18H26INO3/c1-18(2,3)23-17(21)20-12-15(19)16(13-20)22-11-7-10-14-8-5-4-6-9-14/h4-6,8-9,15-16H,7,10-13H2,1-3H3. The van der Waals surface area contributed by atoms with Gasteiger partial charge in [-0.15, -0.1) is 0 Å². The van der Waals surface area contributed by atoms with E-state index in [0.29, 0.717) is 17.0 Å². The molecule has 0 radical (unpaired) electrons. The number of amides is 1. The Morgan fingerprint density at radius 3 is 2.61 bits per heavy atom. The average Bonchev–Trinajstić information content (AvgIpc) is 2.84. The highest BCUT2D eigenvalue weighted by molar-refractivity contribution is 14.1. The minimum atomic E-state index is -0.452. The minimum Gasteiger partial charge on any atom is -0.444 e. The summed E-state index contributed by atoms with van der Waals surface area (Å²) in [7, 11) is 0. The van der Waals surface area contributed by atoms with Crippen LogP contribution in [-0.4, -0.2) is 46.3 Å². The van der Waals surface area contributed by atoms with E-state index in [2.05, 4.69) is 46.9 Å². The number of hydrogen-bond donors (Lipinski definition) is 0. The molecule has 128 valence electrons. The van der Waals surface area contributed by atoms with Crippen molar-refractivity contribution in [2.24, 2.45) is 0 Å². The summed E-state index contributed by atoms with van der Waals surface area (Å²) in [5, 5.41) is 0. The molecule has 1 amide bonds. The van der Waals surface area contributed by atoms with E-state index >= 15 is 0 Å². The molecule has 5 heteroatoms. The summed E-state index contributed by atoms with van der Waals surface area (Å²) in [6, 6.07) is 10.4. The first-order valence-electron chi connectivity index (χ1n) is 8.13. The quantitative estimate of drug-likeness (QED) is 0.401. The van der Waals surface area contributed by atoms with E-state index in [-0.39, 0.29) is 12.2 Å². The third kappa shape index (κ3) is 6.30. The molecule has 4 nitrogen and oxygen atoms in total. The highest BCUT2D eigenvalue weighted by atomic mass is 127. The number of rotatable bonds is 5. The van der Waals surface area contributed by atoms with Crippen LogP contribution in [0.3, 0.4) is 0 Å². The monoisotopic (exact) mass is 431 g/mol. The molecule has 0 spiro atoms. The van der Waals surface area contributed by atoms with Crippen molar-refractivity contribution in [3.05, 3.63) is 35.9 Å². The van der Waals surface area contributed by atoms with Crippen molar-refractivity contribution < 1.29 is 14.3 Å². The smallest absolute Gasteiger partial charge is 0.410 e. The molecule has 0 saturated carbocycles. The molecule has 1 fully saturated rings. The van der Waals surface area contributed by atoms with Crippen LogP contribution in [0.25, 0.3) is 0 Å². The maximum Gasteiger partial charge on any atom is 0.410 e. The van der Waals surface area contributed by atoms with Crippen molar-refractivity contribution >= 4 is 28.7 Å².